The Morgan fingerprint density at radius 2 is 1.95 bits per heavy atom. The molecule has 106 valence electrons. The highest BCUT2D eigenvalue weighted by Gasteiger charge is 2.15. The van der Waals surface area contributed by atoms with Gasteiger partial charge in [-0.3, -0.25) is 0 Å². The third-order valence-electron chi connectivity index (χ3n) is 3.04. The second-order valence-electron chi connectivity index (χ2n) is 4.56. The van der Waals surface area contributed by atoms with Crippen molar-refractivity contribution in [3.63, 3.8) is 0 Å². The first-order valence-electron chi connectivity index (χ1n) is 6.32. The van der Waals surface area contributed by atoms with Crippen molar-refractivity contribution in [2.75, 3.05) is 6.61 Å². The lowest BCUT2D eigenvalue weighted by Crippen LogP contribution is -2.17. The lowest BCUT2D eigenvalue weighted by atomic mass is 10.1. The number of ether oxygens (including phenoxy) is 1. The van der Waals surface area contributed by atoms with E-state index in [1.54, 1.807) is 13.0 Å². The fourth-order valence-electron chi connectivity index (χ4n) is 1.80. The van der Waals surface area contributed by atoms with Gasteiger partial charge in [0.15, 0.2) is 0 Å². The SMILES string of the molecule is CCC(O)COC(=O)c1cc2cc(O)ccc2cc1O. The van der Waals surface area contributed by atoms with Crippen LogP contribution in [0.1, 0.15) is 23.7 Å². The number of fused-ring (bicyclic) bond motifs is 1. The van der Waals surface area contributed by atoms with Crippen LogP contribution >= 0.6 is 0 Å². The smallest absolute Gasteiger partial charge is 0.342 e. The molecular weight excluding hydrogens is 260 g/mol. The molecule has 2 aromatic carbocycles. The molecule has 0 aliphatic rings. The number of esters is 1. The van der Waals surface area contributed by atoms with E-state index in [4.69, 9.17) is 4.74 Å². The Labute approximate surface area is 116 Å². The van der Waals surface area contributed by atoms with Crippen molar-refractivity contribution in [2.24, 2.45) is 0 Å². The van der Waals surface area contributed by atoms with Crippen LogP contribution in [0.4, 0.5) is 0 Å². The van der Waals surface area contributed by atoms with Crippen molar-refractivity contribution >= 4 is 16.7 Å². The van der Waals surface area contributed by atoms with Crippen LogP contribution in [0.3, 0.4) is 0 Å². The van der Waals surface area contributed by atoms with Gasteiger partial charge in [0.25, 0.3) is 0 Å². The number of carbonyl (C=O) groups excluding carboxylic acids is 1. The van der Waals surface area contributed by atoms with Crippen molar-refractivity contribution < 1.29 is 24.9 Å². The summed E-state index contributed by atoms with van der Waals surface area (Å²) in [6, 6.07) is 7.51. The van der Waals surface area contributed by atoms with E-state index in [2.05, 4.69) is 0 Å². The van der Waals surface area contributed by atoms with Gasteiger partial charge < -0.3 is 20.1 Å². The lowest BCUT2D eigenvalue weighted by Gasteiger charge is -2.10. The molecule has 0 spiro atoms. The summed E-state index contributed by atoms with van der Waals surface area (Å²) in [5.74, 6) is -0.830. The number of hydrogen-bond donors (Lipinski definition) is 3. The Morgan fingerprint density at radius 3 is 2.65 bits per heavy atom. The maximum Gasteiger partial charge on any atom is 0.342 e. The molecule has 2 aromatic rings. The van der Waals surface area contributed by atoms with Crippen LogP contribution in [0.15, 0.2) is 30.3 Å². The van der Waals surface area contributed by atoms with Crippen molar-refractivity contribution in [1.29, 1.82) is 0 Å². The predicted molar refractivity (Wildman–Crippen MR) is 73.9 cm³/mol. The van der Waals surface area contributed by atoms with Gasteiger partial charge in [0.05, 0.1) is 6.10 Å². The molecule has 0 radical (unpaired) electrons. The van der Waals surface area contributed by atoms with Crippen LogP contribution < -0.4 is 0 Å². The molecule has 0 aliphatic heterocycles. The van der Waals surface area contributed by atoms with Crippen molar-refractivity contribution in [2.45, 2.75) is 19.4 Å². The standard InChI is InChI=1S/C15H16O5/c1-2-11(16)8-20-15(19)13-6-10-5-12(17)4-3-9(10)7-14(13)18/h3-7,11,16-18H,2,8H2,1H3. The maximum atomic E-state index is 11.9. The first kappa shape index (κ1) is 14.1. The summed E-state index contributed by atoms with van der Waals surface area (Å²) in [6.07, 6.45) is -0.240. The van der Waals surface area contributed by atoms with Gasteiger partial charge in [-0.2, -0.15) is 0 Å². The summed E-state index contributed by atoms with van der Waals surface area (Å²) in [5, 5.41) is 29.9. The molecule has 0 amide bonds. The van der Waals surface area contributed by atoms with E-state index in [1.807, 2.05) is 0 Å². The normalized spacial score (nSPS) is 12.3. The monoisotopic (exact) mass is 276 g/mol. The molecule has 5 nitrogen and oxygen atoms in total. The Morgan fingerprint density at radius 1 is 1.20 bits per heavy atom. The van der Waals surface area contributed by atoms with Gasteiger partial charge in [-0.05, 0) is 41.5 Å². The number of aliphatic hydroxyl groups is 1. The molecule has 0 fully saturated rings. The molecule has 1 unspecified atom stereocenters. The Kier molecular flexibility index (Phi) is 4.10. The van der Waals surface area contributed by atoms with Gasteiger partial charge in [-0.15, -0.1) is 0 Å². The number of aromatic hydroxyl groups is 2. The number of phenols is 2. The molecule has 0 heterocycles. The highest BCUT2D eigenvalue weighted by atomic mass is 16.5. The summed E-state index contributed by atoms with van der Waals surface area (Å²) in [7, 11) is 0. The van der Waals surface area contributed by atoms with Gasteiger partial charge in [-0.25, -0.2) is 4.79 Å². The predicted octanol–water partition coefficient (Wildman–Crippen LogP) is 2.18. The Hall–Kier alpha value is -2.27. The van der Waals surface area contributed by atoms with Crippen LogP contribution in [-0.2, 0) is 4.74 Å². The van der Waals surface area contributed by atoms with Gasteiger partial charge in [-0.1, -0.05) is 13.0 Å². The number of rotatable bonds is 4. The fourth-order valence-corrected chi connectivity index (χ4v) is 1.80. The van der Waals surface area contributed by atoms with E-state index < -0.39 is 12.1 Å². The maximum absolute atomic E-state index is 11.9. The van der Waals surface area contributed by atoms with Crippen LogP contribution in [0.25, 0.3) is 10.8 Å². The molecule has 1 atom stereocenters. The van der Waals surface area contributed by atoms with E-state index in [0.717, 1.165) is 0 Å². The summed E-state index contributed by atoms with van der Waals surface area (Å²) in [6.45, 7) is 1.65. The van der Waals surface area contributed by atoms with E-state index >= 15 is 0 Å². The van der Waals surface area contributed by atoms with Crippen LogP contribution in [-0.4, -0.2) is 34.0 Å². The number of benzene rings is 2. The van der Waals surface area contributed by atoms with Gasteiger partial charge in [0, 0.05) is 0 Å². The number of hydrogen-bond acceptors (Lipinski definition) is 5. The van der Waals surface area contributed by atoms with Crippen molar-refractivity contribution in [3.05, 3.63) is 35.9 Å². The third-order valence-corrected chi connectivity index (χ3v) is 3.04. The zero-order valence-electron chi connectivity index (χ0n) is 11.0. The highest BCUT2D eigenvalue weighted by molar-refractivity contribution is 5.98. The first-order chi connectivity index (χ1) is 9.51. The van der Waals surface area contributed by atoms with Gasteiger partial charge in [0.2, 0.25) is 0 Å². The summed E-state index contributed by atoms with van der Waals surface area (Å²) in [5.41, 5.74) is 0.00593. The first-order valence-corrected chi connectivity index (χ1v) is 6.32. The van der Waals surface area contributed by atoms with E-state index in [1.165, 1.54) is 24.3 Å². The molecule has 2 rings (SSSR count). The van der Waals surface area contributed by atoms with Crippen molar-refractivity contribution in [3.8, 4) is 11.5 Å². The molecule has 3 N–H and O–H groups in total. The fraction of sp³-hybridized carbons (Fsp3) is 0.267. The molecule has 0 saturated carbocycles. The zero-order chi connectivity index (χ0) is 14.7. The zero-order valence-corrected chi connectivity index (χ0v) is 11.0. The summed E-state index contributed by atoms with van der Waals surface area (Å²) in [4.78, 5) is 11.9. The molecule has 5 heteroatoms. The van der Waals surface area contributed by atoms with Crippen LogP contribution in [0.2, 0.25) is 0 Å². The lowest BCUT2D eigenvalue weighted by molar-refractivity contribution is 0.0247. The Balaban J connectivity index is 2.29. The van der Waals surface area contributed by atoms with Crippen molar-refractivity contribution in [1.82, 2.24) is 0 Å². The molecule has 20 heavy (non-hydrogen) atoms. The Bertz CT molecular complexity index is 635. The molecular formula is C15H16O5. The second-order valence-corrected chi connectivity index (χ2v) is 4.56. The minimum Gasteiger partial charge on any atom is -0.508 e. The largest absolute Gasteiger partial charge is 0.508 e. The quantitative estimate of drug-likeness (QED) is 0.745. The highest BCUT2D eigenvalue weighted by Crippen LogP contribution is 2.28. The minimum absolute atomic E-state index is 0.00593. The number of carbonyl (C=O) groups is 1. The average molecular weight is 276 g/mol. The molecule has 0 bridgehead atoms. The minimum atomic E-state index is -0.717. The average Bonchev–Trinajstić information content (AvgIpc) is 2.44. The van der Waals surface area contributed by atoms with E-state index in [9.17, 15) is 20.1 Å². The molecule has 0 saturated heterocycles. The summed E-state index contributed by atoms with van der Waals surface area (Å²) < 4.78 is 4.93. The second kappa shape index (κ2) is 5.79. The number of aliphatic hydroxyl groups excluding tert-OH is 1. The molecule has 0 aromatic heterocycles. The third kappa shape index (κ3) is 3.00. The van der Waals surface area contributed by atoms with Gasteiger partial charge >= 0.3 is 5.97 Å². The summed E-state index contributed by atoms with van der Waals surface area (Å²) >= 11 is 0. The topological polar surface area (TPSA) is 87.0 Å². The van der Waals surface area contributed by atoms with E-state index in [-0.39, 0.29) is 23.7 Å². The molecule has 0 aliphatic carbocycles. The van der Waals surface area contributed by atoms with E-state index in [0.29, 0.717) is 17.2 Å². The van der Waals surface area contributed by atoms with Crippen LogP contribution in [0.5, 0.6) is 11.5 Å². The number of phenolic OH excluding ortho intramolecular Hbond substituents is 2. The van der Waals surface area contributed by atoms with Crippen LogP contribution in [0, 0.1) is 0 Å². The van der Waals surface area contributed by atoms with Gasteiger partial charge in [0.1, 0.15) is 23.7 Å².